The van der Waals surface area contributed by atoms with Crippen molar-refractivity contribution >= 4 is 17.5 Å². The Balaban J connectivity index is 1.60. The number of anilines is 2. The number of carbonyl (C=O) groups is 1. The van der Waals surface area contributed by atoms with E-state index in [1.807, 2.05) is 32.0 Å². The highest BCUT2D eigenvalue weighted by atomic mass is 16.1. The number of piperidine rings is 1. The number of amides is 1. The number of rotatable bonds is 3. The standard InChI is InChI=1S/C19H24N4O/c1-13-5-4-6-17(15(13)3)22-18(24)16-8-11-23(12-9-16)19-20-10-7-14(2)21-19/h4-7,10,16H,8-9,11-12H2,1-3H3,(H,22,24). The molecule has 1 fully saturated rings. The molecule has 2 aromatic rings. The highest BCUT2D eigenvalue weighted by molar-refractivity contribution is 5.93. The SMILES string of the molecule is Cc1ccnc(N2CCC(C(=O)Nc3cccc(C)c3C)CC2)n1. The first-order valence-corrected chi connectivity index (χ1v) is 8.46. The Hall–Kier alpha value is -2.43. The predicted molar refractivity (Wildman–Crippen MR) is 96.3 cm³/mol. The third-order valence-corrected chi connectivity index (χ3v) is 4.79. The van der Waals surface area contributed by atoms with Crippen molar-refractivity contribution in [3.8, 4) is 0 Å². The van der Waals surface area contributed by atoms with Crippen LogP contribution in [0.1, 0.15) is 29.7 Å². The zero-order chi connectivity index (χ0) is 17.1. The van der Waals surface area contributed by atoms with Gasteiger partial charge in [-0.1, -0.05) is 12.1 Å². The lowest BCUT2D eigenvalue weighted by molar-refractivity contribution is -0.120. The number of hydrogen-bond donors (Lipinski definition) is 1. The Morgan fingerprint density at radius 1 is 1.17 bits per heavy atom. The number of hydrogen-bond acceptors (Lipinski definition) is 4. The van der Waals surface area contributed by atoms with Crippen molar-refractivity contribution in [1.82, 2.24) is 9.97 Å². The van der Waals surface area contributed by atoms with Crippen molar-refractivity contribution in [2.75, 3.05) is 23.3 Å². The summed E-state index contributed by atoms with van der Waals surface area (Å²) >= 11 is 0. The minimum Gasteiger partial charge on any atom is -0.341 e. The second-order valence-electron chi connectivity index (χ2n) is 6.50. The fourth-order valence-electron chi connectivity index (χ4n) is 3.05. The van der Waals surface area contributed by atoms with Gasteiger partial charge in [0.05, 0.1) is 0 Å². The van der Waals surface area contributed by atoms with Gasteiger partial charge < -0.3 is 10.2 Å². The summed E-state index contributed by atoms with van der Waals surface area (Å²) in [7, 11) is 0. The Labute approximate surface area is 143 Å². The second kappa shape index (κ2) is 6.99. The van der Waals surface area contributed by atoms with Gasteiger partial charge in [0.2, 0.25) is 11.9 Å². The maximum absolute atomic E-state index is 12.6. The highest BCUT2D eigenvalue weighted by Gasteiger charge is 2.26. The summed E-state index contributed by atoms with van der Waals surface area (Å²) < 4.78 is 0. The van der Waals surface area contributed by atoms with E-state index < -0.39 is 0 Å². The molecular weight excluding hydrogens is 300 g/mol. The van der Waals surface area contributed by atoms with Crippen LogP contribution in [0.25, 0.3) is 0 Å². The summed E-state index contributed by atoms with van der Waals surface area (Å²) in [6.45, 7) is 7.70. The van der Waals surface area contributed by atoms with Crippen LogP contribution in [-0.2, 0) is 4.79 Å². The highest BCUT2D eigenvalue weighted by Crippen LogP contribution is 2.24. The molecule has 1 amide bonds. The Morgan fingerprint density at radius 2 is 1.92 bits per heavy atom. The summed E-state index contributed by atoms with van der Waals surface area (Å²) in [5.41, 5.74) is 4.22. The van der Waals surface area contributed by atoms with Gasteiger partial charge in [-0.25, -0.2) is 9.97 Å². The van der Waals surface area contributed by atoms with Crippen molar-refractivity contribution in [2.45, 2.75) is 33.6 Å². The molecule has 1 aliphatic heterocycles. The molecule has 0 aliphatic carbocycles. The molecule has 1 aliphatic rings. The molecule has 126 valence electrons. The van der Waals surface area contributed by atoms with Crippen molar-refractivity contribution in [2.24, 2.45) is 5.92 Å². The maximum atomic E-state index is 12.6. The normalized spacial score (nSPS) is 15.4. The number of benzene rings is 1. The van der Waals surface area contributed by atoms with E-state index in [1.54, 1.807) is 6.20 Å². The minimum atomic E-state index is 0.0472. The van der Waals surface area contributed by atoms with Gasteiger partial charge in [-0.3, -0.25) is 4.79 Å². The lowest BCUT2D eigenvalue weighted by atomic mass is 9.95. The summed E-state index contributed by atoms with van der Waals surface area (Å²) in [5, 5.41) is 3.10. The Bertz CT molecular complexity index is 736. The van der Waals surface area contributed by atoms with Gasteiger partial charge in [0.25, 0.3) is 0 Å². The van der Waals surface area contributed by atoms with E-state index in [0.717, 1.165) is 48.8 Å². The molecule has 0 atom stereocenters. The first-order chi connectivity index (χ1) is 11.5. The molecule has 5 nitrogen and oxygen atoms in total. The van der Waals surface area contributed by atoms with Gasteiger partial charge in [-0.05, 0) is 56.9 Å². The molecule has 0 saturated carbocycles. The molecule has 24 heavy (non-hydrogen) atoms. The molecule has 0 spiro atoms. The number of nitrogens with zero attached hydrogens (tertiary/aromatic N) is 3. The van der Waals surface area contributed by atoms with Crippen LogP contribution in [0.4, 0.5) is 11.6 Å². The first-order valence-electron chi connectivity index (χ1n) is 8.46. The van der Waals surface area contributed by atoms with Gasteiger partial charge in [0.1, 0.15) is 0 Å². The van der Waals surface area contributed by atoms with Crippen LogP contribution >= 0.6 is 0 Å². The topological polar surface area (TPSA) is 58.1 Å². The Kier molecular flexibility index (Phi) is 4.79. The van der Waals surface area contributed by atoms with Gasteiger partial charge >= 0.3 is 0 Å². The van der Waals surface area contributed by atoms with Gasteiger partial charge in [0.15, 0.2) is 0 Å². The molecule has 5 heteroatoms. The molecule has 1 N–H and O–H groups in total. The number of nitrogens with one attached hydrogen (secondary N) is 1. The van der Waals surface area contributed by atoms with E-state index in [-0.39, 0.29) is 11.8 Å². The van der Waals surface area contributed by atoms with Crippen LogP contribution < -0.4 is 10.2 Å². The number of carbonyl (C=O) groups excluding carboxylic acids is 1. The molecule has 0 radical (unpaired) electrons. The molecular formula is C19H24N4O. The first kappa shape index (κ1) is 16.4. The smallest absolute Gasteiger partial charge is 0.227 e. The lowest BCUT2D eigenvalue weighted by Gasteiger charge is -2.31. The van der Waals surface area contributed by atoms with E-state index in [9.17, 15) is 4.79 Å². The lowest BCUT2D eigenvalue weighted by Crippen LogP contribution is -2.39. The fraction of sp³-hybridized carbons (Fsp3) is 0.421. The van der Waals surface area contributed by atoms with Crippen LogP contribution in [0.3, 0.4) is 0 Å². The third kappa shape index (κ3) is 3.55. The predicted octanol–water partition coefficient (Wildman–Crippen LogP) is 3.26. The van der Waals surface area contributed by atoms with Crippen LogP contribution in [0, 0.1) is 26.7 Å². The summed E-state index contributed by atoms with van der Waals surface area (Å²) in [6.07, 6.45) is 3.44. The van der Waals surface area contributed by atoms with Crippen LogP contribution in [0.5, 0.6) is 0 Å². The number of aromatic nitrogens is 2. The Morgan fingerprint density at radius 3 is 2.62 bits per heavy atom. The largest absolute Gasteiger partial charge is 0.341 e. The van der Waals surface area contributed by atoms with E-state index in [2.05, 4.69) is 33.2 Å². The second-order valence-corrected chi connectivity index (χ2v) is 6.50. The third-order valence-electron chi connectivity index (χ3n) is 4.79. The summed E-state index contributed by atoms with van der Waals surface area (Å²) in [5.74, 6) is 0.933. The summed E-state index contributed by atoms with van der Waals surface area (Å²) in [4.78, 5) is 23.5. The van der Waals surface area contributed by atoms with Crippen LogP contribution in [0.2, 0.25) is 0 Å². The van der Waals surface area contributed by atoms with Gasteiger partial charge in [0, 0.05) is 36.6 Å². The molecule has 1 saturated heterocycles. The van der Waals surface area contributed by atoms with Gasteiger partial charge in [-0.15, -0.1) is 0 Å². The van der Waals surface area contributed by atoms with Crippen molar-refractivity contribution in [3.63, 3.8) is 0 Å². The van der Waals surface area contributed by atoms with E-state index >= 15 is 0 Å². The van der Waals surface area contributed by atoms with Crippen molar-refractivity contribution in [1.29, 1.82) is 0 Å². The zero-order valence-corrected chi connectivity index (χ0v) is 14.5. The van der Waals surface area contributed by atoms with Gasteiger partial charge in [-0.2, -0.15) is 0 Å². The molecule has 1 aromatic heterocycles. The van der Waals surface area contributed by atoms with E-state index in [4.69, 9.17) is 0 Å². The number of aryl methyl sites for hydroxylation is 2. The summed E-state index contributed by atoms with van der Waals surface area (Å²) in [6, 6.07) is 7.91. The fourth-order valence-corrected chi connectivity index (χ4v) is 3.05. The molecule has 3 rings (SSSR count). The zero-order valence-electron chi connectivity index (χ0n) is 14.5. The average Bonchev–Trinajstić information content (AvgIpc) is 2.59. The quantitative estimate of drug-likeness (QED) is 0.941. The molecule has 2 heterocycles. The monoisotopic (exact) mass is 324 g/mol. The van der Waals surface area contributed by atoms with Crippen molar-refractivity contribution < 1.29 is 4.79 Å². The molecule has 1 aromatic carbocycles. The average molecular weight is 324 g/mol. The molecule has 0 bridgehead atoms. The van der Waals surface area contributed by atoms with Crippen LogP contribution in [0.15, 0.2) is 30.5 Å². The van der Waals surface area contributed by atoms with E-state index in [1.165, 1.54) is 5.56 Å². The maximum Gasteiger partial charge on any atom is 0.227 e. The molecule has 0 unspecified atom stereocenters. The minimum absolute atomic E-state index is 0.0472. The van der Waals surface area contributed by atoms with Crippen molar-refractivity contribution in [3.05, 3.63) is 47.3 Å². The van der Waals surface area contributed by atoms with Crippen LogP contribution in [-0.4, -0.2) is 29.0 Å². The van der Waals surface area contributed by atoms with E-state index in [0.29, 0.717) is 0 Å².